The van der Waals surface area contributed by atoms with Crippen molar-refractivity contribution in [1.29, 1.82) is 0 Å². The van der Waals surface area contributed by atoms with Crippen LogP contribution in [0, 0.1) is 5.92 Å². The second kappa shape index (κ2) is 7.18. The molecule has 2 N–H and O–H groups in total. The molecule has 0 saturated heterocycles. The van der Waals surface area contributed by atoms with Crippen molar-refractivity contribution in [3.05, 3.63) is 29.3 Å². The Morgan fingerprint density at radius 2 is 2.00 bits per heavy atom. The minimum absolute atomic E-state index is 0.186. The van der Waals surface area contributed by atoms with Crippen LogP contribution in [0.2, 0.25) is 5.02 Å². The SMILES string of the molecule is CC(C)COC(=O)NC(=S)Nc1ccc(Cl)cc1. The molecule has 4 nitrogen and oxygen atoms in total. The third-order valence-electron chi connectivity index (χ3n) is 1.87. The van der Waals surface area contributed by atoms with Crippen LogP contribution in [0.5, 0.6) is 0 Å². The van der Waals surface area contributed by atoms with Crippen LogP contribution >= 0.6 is 23.8 Å². The molecule has 0 saturated carbocycles. The number of thiocarbonyl (C=S) groups is 1. The molecule has 0 bridgehead atoms. The fraction of sp³-hybridized carbons (Fsp3) is 0.333. The third-order valence-corrected chi connectivity index (χ3v) is 2.32. The highest BCUT2D eigenvalue weighted by Crippen LogP contribution is 2.13. The molecule has 0 aromatic heterocycles. The van der Waals surface area contributed by atoms with E-state index in [1.165, 1.54) is 0 Å². The van der Waals surface area contributed by atoms with Crippen LogP contribution in [0.3, 0.4) is 0 Å². The van der Waals surface area contributed by atoms with E-state index in [0.717, 1.165) is 5.69 Å². The first-order chi connectivity index (χ1) is 8.47. The van der Waals surface area contributed by atoms with Crippen molar-refractivity contribution in [2.24, 2.45) is 5.92 Å². The predicted molar refractivity (Wildman–Crippen MR) is 77.0 cm³/mol. The summed E-state index contributed by atoms with van der Waals surface area (Å²) in [6.45, 7) is 4.27. The molecule has 0 fully saturated rings. The van der Waals surface area contributed by atoms with Crippen molar-refractivity contribution < 1.29 is 9.53 Å². The van der Waals surface area contributed by atoms with Gasteiger partial charge in [0.25, 0.3) is 0 Å². The Morgan fingerprint density at radius 1 is 1.39 bits per heavy atom. The standard InChI is InChI=1S/C12H15ClN2O2S/c1-8(2)7-17-12(16)15-11(18)14-10-5-3-9(13)4-6-10/h3-6,8H,7H2,1-2H3,(H2,14,15,16,18). The van der Waals surface area contributed by atoms with E-state index >= 15 is 0 Å². The molecule has 0 atom stereocenters. The van der Waals surface area contributed by atoms with Gasteiger partial charge >= 0.3 is 6.09 Å². The maximum absolute atomic E-state index is 11.3. The first-order valence-electron chi connectivity index (χ1n) is 5.47. The van der Waals surface area contributed by atoms with Crippen molar-refractivity contribution in [3.8, 4) is 0 Å². The second-order valence-corrected chi connectivity index (χ2v) is 4.92. The summed E-state index contributed by atoms with van der Waals surface area (Å²) in [4.78, 5) is 11.3. The molecule has 0 radical (unpaired) electrons. The summed E-state index contributed by atoms with van der Waals surface area (Å²) < 4.78 is 4.93. The van der Waals surface area contributed by atoms with E-state index in [9.17, 15) is 4.79 Å². The molecule has 0 aliphatic rings. The number of alkyl carbamates (subject to hydrolysis) is 1. The van der Waals surface area contributed by atoms with E-state index < -0.39 is 6.09 Å². The van der Waals surface area contributed by atoms with Crippen LogP contribution in [0.25, 0.3) is 0 Å². The molecule has 6 heteroatoms. The Morgan fingerprint density at radius 3 is 2.56 bits per heavy atom. The maximum Gasteiger partial charge on any atom is 0.413 e. The van der Waals surface area contributed by atoms with Gasteiger partial charge in [-0.05, 0) is 42.4 Å². The monoisotopic (exact) mass is 286 g/mol. The Kier molecular flexibility index (Phi) is 5.88. The van der Waals surface area contributed by atoms with Crippen LogP contribution in [0.15, 0.2) is 24.3 Å². The van der Waals surface area contributed by atoms with Gasteiger partial charge in [0.15, 0.2) is 5.11 Å². The lowest BCUT2D eigenvalue weighted by atomic mass is 10.2. The maximum atomic E-state index is 11.3. The highest BCUT2D eigenvalue weighted by molar-refractivity contribution is 7.80. The summed E-state index contributed by atoms with van der Waals surface area (Å²) in [5.41, 5.74) is 0.744. The first kappa shape index (κ1) is 14.7. The highest BCUT2D eigenvalue weighted by atomic mass is 35.5. The van der Waals surface area contributed by atoms with Crippen LogP contribution in [0.1, 0.15) is 13.8 Å². The van der Waals surface area contributed by atoms with Gasteiger partial charge in [0.1, 0.15) is 0 Å². The van der Waals surface area contributed by atoms with Gasteiger partial charge in [-0.1, -0.05) is 25.4 Å². The van der Waals surface area contributed by atoms with Crippen molar-refractivity contribution in [2.75, 3.05) is 11.9 Å². The number of carbonyl (C=O) groups excluding carboxylic acids is 1. The van der Waals surface area contributed by atoms with Gasteiger partial charge in [-0.2, -0.15) is 0 Å². The number of amides is 1. The van der Waals surface area contributed by atoms with Gasteiger partial charge < -0.3 is 10.1 Å². The molecule has 18 heavy (non-hydrogen) atoms. The quantitative estimate of drug-likeness (QED) is 0.836. The lowest BCUT2D eigenvalue weighted by Crippen LogP contribution is -2.35. The summed E-state index contributed by atoms with van der Waals surface area (Å²) in [6.07, 6.45) is -0.560. The minimum Gasteiger partial charge on any atom is -0.449 e. The number of hydrogen-bond acceptors (Lipinski definition) is 3. The van der Waals surface area contributed by atoms with Crippen molar-refractivity contribution in [1.82, 2.24) is 5.32 Å². The molecule has 0 heterocycles. The zero-order valence-corrected chi connectivity index (χ0v) is 11.8. The number of anilines is 1. The Hall–Kier alpha value is -1.33. The summed E-state index contributed by atoms with van der Waals surface area (Å²) in [5.74, 6) is 0.286. The van der Waals surface area contributed by atoms with Gasteiger partial charge in [-0.3, -0.25) is 5.32 Å². The molecule has 1 aromatic rings. The number of ether oxygens (including phenoxy) is 1. The summed E-state index contributed by atoms with van der Waals surface area (Å²) in [5, 5.41) is 6.09. The lowest BCUT2D eigenvalue weighted by Gasteiger charge is -2.11. The van der Waals surface area contributed by atoms with Gasteiger partial charge in [0, 0.05) is 10.7 Å². The summed E-state index contributed by atoms with van der Waals surface area (Å²) in [7, 11) is 0. The Labute approximate surface area is 117 Å². The number of nitrogens with one attached hydrogen (secondary N) is 2. The third kappa shape index (κ3) is 5.84. The zero-order valence-electron chi connectivity index (χ0n) is 10.2. The lowest BCUT2D eigenvalue weighted by molar-refractivity contribution is 0.138. The van der Waals surface area contributed by atoms with Crippen molar-refractivity contribution >= 4 is 40.7 Å². The molecular weight excluding hydrogens is 272 g/mol. The fourth-order valence-corrected chi connectivity index (χ4v) is 1.39. The van der Waals surface area contributed by atoms with E-state index in [1.54, 1.807) is 24.3 Å². The molecule has 0 spiro atoms. The molecule has 1 amide bonds. The second-order valence-electron chi connectivity index (χ2n) is 4.08. The summed E-state index contributed by atoms with van der Waals surface area (Å²) in [6, 6.07) is 6.97. The summed E-state index contributed by atoms with van der Waals surface area (Å²) >= 11 is 10.7. The Balaban J connectivity index is 2.37. The fourth-order valence-electron chi connectivity index (χ4n) is 1.07. The van der Waals surface area contributed by atoms with E-state index in [4.69, 9.17) is 28.6 Å². The van der Waals surface area contributed by atoms with E-state index in [1.807, 2.05) is 13.8 Å². The van der Waals surface area contributed by atoms with Gasteiger partial charge in [-0.25, -0.2) is 4.79 Å². The number of carbonyl (C=O) groups is 1. The average molecular weight is 287 g/mol. The molecule has 0 unspecified atom stereocenters. The molecule has 1 rings (SSSR count). The smallest absolute Gasteiger partial charge is 0.413 e. The van der Waals surface area contributed by atoms with Crippen LogP contribution in [-0.4, -0.2) is 17.8 Å². The van der Waals surface area contributed by atoms with Crippen molar-refractivity contribution in [2.45, 2.75) is 13.8 Å². The van der Waals surface area contributed by atoms with Crippen LogP contribution in [0.4, 0.5) is 10.5 Å². The molecule has 1 aromatic carbocycles. The number of halogens is 1. The van der Waals surface area contributed by atoms with Gasteiger partial charge in [0.2, 0.25) is 0 Å². The zero-order chi connectivity index (χ0) is 13.5. The van der Waals surface area contributed by atoms with E-state index in [-0.39, 0.29) is 11.0 Å². The molecular formula is C12H15ClN2O2S. The first-order valence-corrected chi connectivity index (χ1v) is 6.26. The van der Waals surface area contributed by atoms with Gasteiger partial charge in [0.05, 0.1) is 6.61 Å². The number of rotatable bonds is 3. The molecule has 0 aliphatic carbocycles. The molecule has 98 valence electrons. The van der Waals surface area contributed by atoms with Crippen LogP contribution < -0.4 is 10.6 Å². The predicted octanol–water partition coefficient (Wildman–Crippen LogP) is 3.42. The molecule has 0 aliphatic heterocycles. The number of benzene rings is 1. The Bertz CT molecular complexity index is 421. The van der Waals surface area contributed by atoms with Gasteiger partial charge in [-0.15, -0.1) is 0 Å². The van der Waals surface area contributed by atoms with Crippen LogP contribution in [-0.2, 0) is 4.74 Å². The minimum atomic E-state index is -0.560. The normalized spacial score (nSPS) is 10.0. The largest absolute Gasteiger partial charge is 0.449 e. The average Bonchev–Trinajstić information content (AvgIpc) is 2.29. The topological polar surface area (TPSA) is 50.4 Å². The highest BCUT2D eigenvalue weighted by Gasteiger charge is 2.06. The van der Waals surface area contributed by atoms with E-state index in [2.05, 4.69) is 10.6 Å². The van der Waals surface area contributed by atoms with E-state index in [0.29, 0.717) is 11.6 Å². The number of hydrogen-bond donors (Lipinski definition) is 2. The van der Waals surface area contributed by atoms with Crippen molar-refractivity contribution in [3.63, 3.8) is 0 Å².